The zero-order chi connectivity index (χ0) is 16.0. The normalized spacial score (nSPS) is 13.5. The standard InChI is InChI=1S/C14H17F4NO2/c1-10(8-19(6-7-20)9-14(16,17)18)13(21)11-4-2-3-5-12(11)15/h2-5,10,20H,6-9H2,1H3. The molecule has 21 heavy (non-hydrogen) atoms. The van der Waals surface area contributed by atoms with Gasteiger partial charge in [0.1, 0.15) is 5.82 Å². The van der Waals surface area contributed by atoms with Gasteiger partial charge in [0.2, 0.25) is 0 Å². The maximum Gasteiger partial charge on any atom is 0.401 e. The van der Waals surface area contributed by atoms with Gasteiger partial charge in [-0.1, -0.05) is 19.1 Å². The molecule has 0 spiro atoms. The van der Waals surface area contributed by atoms with E-state index < -0.39 is 36.8 Å². The van der Waals surface area contributed by atoms with E-state index in [9.17, 15) is 22.4 Å². The highest BCUT2D eigenvalue weighted by Crippen LogP contribution is 2.19. The van der Waals surface area contributed by atoms with Crippen LogP contribution in [0.4, 0.5) is 17.6 Å². The molecule has 0 saturated heterocycles. The van der Waals surface area contributed by atoms with Crippen LogP contribution in [0.2, 0.25) is 0 Å². The lowest BCUT2D eigenvalue weighted by Crippen LogP contribution is -2.40. The topological polar surface area (TPSA) is 40.5 Å². The number of ketones is 1. The molecule has 0 aliphatic heterocycles. The molecule has 1 N–H and O–H groups in total. The molecule has 1 atom stereocenters. The fourth-order valence-corrected chi connectivity index (χ4v) is 2.03. The van der Waals surface area contributed by atoms with Gasteiger partial charge < -0.3 is 5.11 Å². The minimum Gasteiger partial charge on any atom is -0.395 e. The van der Waals surface area contributed by atoms with Crippen molar-refractivity contribution in [2.75, 3.05) is 26.2 Å². The molecule has 118 valence electrons. The lowest BCUT2D eigenvalue weighted by atomic mass is 9.98. The van der Waals surface area contributed by atoms with E-state index in [1.54, 1.807) is 0 Å². The van der Waals surface area contributed by atoms with Crippen LogP contribution in [0.25, 0.3) is 0 Å². The van der Waals surface area contributed by atoms with Gasteiger partial charge in [0.15, 0.2) is 5.78 Å². The van der Waals surface area contributed by atoms with E-state index in [0.29, 0.717) is 0 Å². The molecule has 0 radical (unpaired) electrons. The minimum absolute atomic E-state index is 0.138. The lowest BCUT2D eigenvalue weighted by Gasteiger charge is -2.25. The number of aliphatic hydroxyl groups excluding tert-OH is 1. The van der Waals surface area contributed by atoms with Crippen LogP contribution in [0.1, 0.15) is 17.3 Å². The summed E-state index contributed by atoms with van der Waals surface area (Å²) in [5.74, 6) is -2.06. The van der Waals surface area contributed by atoms with Crippen LogP contribution in [0.5, 0.6) is 0 Å². The molecular formula is C14H17F4NO2. The van der Waals surface area contributed by atoms with Crippen molar-refractivity contribution in [1.82, 2.24) is 4.90 Å². The van der Waals surface area contributed by atoms with Crippen LogP contribution in [0.15, 0.2) is 24.3 Å². The number of nitrogens with zero attached hydrogens (tertiary/aromatic N) is 1. The molecule has 0 saturated carbocycles. The molecule has 1 aromatic carbocycles. The van der Waals surface area contributed by atoms with Gasteiger partial charge in [0.25, 0.3) is 0 Å². The average Bonchev–Trinajstić information content (AvgIpc) is 2.36. The number of Topliss-reactive ketones (excluding diaryl/α,β-unsaturated/α-hetero) is 1. The van der Waals surface area contributed by atoms with E-state index in [2.05, 4.69) is 0 Å². The van der Waals surface area contributed by atoms with Crippen LogP contribution in [-0.2, 0) is 0 Å². The fraction of sp³-hybridized carbons (Fsp3) is 0.500. The summed E-state index contributed by atoms with van der Waals surface area (Å²) in [7, 11) is 0. The second kappa shape index (κ2) is 7.51. The van der Waals surface area contributed by atoms with Gasteiger partial charge in [0.05, 0.1) is 18.7 Å². The van der Waals surface area contributed by atoms with E-state index in [1.165, 1.54) is 25.1 Å². The van der Waals surface area contributed by atoms with Gasteiger partial charge in [-0.2, -0.15) is 13.2 Å². The van der Waals surface area contributed by atoms with Crippen LogP contribution < -0.4 is 0 Å². The first-order chi connectivity index (χ1) is 9.74. The van der Waals surface area contributed by atoms with Gasteiger partial charge in [-0.3, -0.25) is 9.69 Å². The van der Waals surface area contributed by atoms with E-state index >= 15 is 0 Å². The fourth-order valence-electron chi connectivity index (χ4n) is 2.03. The number of rotatable bonds is 7. The first-order valence-corrected chi connectivity index (χ1v) is 6.43. The SMILES string of the molecule is CC(CN(CCO)CC(F)(F)F)C(=O)c1ccccc1F. The molecule has 0 amide bonds. The van der Waals surface area contributed by atoms with Gasteiger partial charge in [-0.05, 0) is 12.1 Å². The highest BCUT2D eigenvalue weighted by molar-refractivity contribution is 5.98. The summed E-state index contributed by atoms with van der Waals surface area (Å²) in [6.07, 6.45) is -4.42. The molecule has 0 heterocycles. The summed E-state index contributed by atoms with van der Waals surface area (Å²) in [5.41, 5.74) is -0.138. The smallest absolute Gasteiger partial charge is 0.395 e. The minimum atomic E-state index is -4.42. The predicted molar refractivity (Wildman–Crippen MR) is 69.5 cm³/mol. The molecule has 7 heteroatoms. The molecule has 1 unspecified atom stereocenters. The Labute approximate surface area is 120 Å². The second-order valence-electron chi connectivity index (χ2n) is 4.82. The van der Waals surface area contributed by atoms with Gasteiger partial charge in [-0.25, -0.2) is 4.39 Å². The number of carbonyl (C=O) groups is 1. The Kier molecular flexibility index (Phi) is 6.29. The number of aliphatic hydroxyl groups is 1. The van der Waals surface area contributed by atoms with Crippen LogP contribution >= 0.6 is 0 Å². The Morgan fingerprint density at radius 1 is 1.33 bits per heavy atom. The highest BCUT2D eigenvalue weighted by Gasteiger charge is 2.32. The third kappa shape index (κ3) is 5.81. The van der Waals surface area contributed by atoms with Crippen molar-refractivity contribution in [3.8, 4) is 0 Å². The third-order valence-electron chi connectivity index (χ3n) is 2.94. The van der Waals surface area contributed by atoms with E-state index in [0.717, 1.165) is 11.0 Å². The largest absolute Gasteiger partial charge is 0.401 e. The Morgan fingerprint density at radius 3 is 2.48 bits per heavy atom. The Morgan fingerprint density at radius 2 is 1.95 bits per heavy atom. The average molecular weight is 307 g/mol. The Hall–Kier alpha value is -1.47. The molecule has 1 rings (SSSR count). The first-order valence-electron chi connectivity index (χ1n) is 6.43. The number of hydrogen-bond acceptors (Lipinski definition) is 3. The highest BCUT2D eigenvalue weighted by atomic mass is 19.4. The monoisotopic (exact) mass is 307 g/mol. The van der Waals surface area contributed by atoms with Crippen LogP contribution in [0.3, 0.4) is 0 Å². The summed E-state index contributed by atoms with van der Waals surface area (Å²) in [6, 6.07) is 5.35. The number of alkyl halides is 3. The van der Waals surface area contributed by atoms with E-state index in [1.807, 2.05) is 0 Å². The molecule has 0 aliphatic rings. The van der Waals surface area contributed by atoms with Crippen LogP contribution in [-0.4, -0.2) is 48.2 Å². The van der Waals surface area contributed by atoms with E-state index in [-0.39, 0.29) is 18.7 Å². The maximum absolute atomic E-state index is 13.5. The number of hydrogen-bond donors (Lipinski definition) is 1. The molecule has 0 aliphatic carbocycles. The summed E-state index contributed by atoms with van der Waals surface area (Å²) >= 11 is 0. The quantitative estimate of drug-likeness (QED) is 0.621. The predicted octanol–water partition coefficient (Wildman–Crippen LogP) is 2.50. The molecule has 0 fully saturated rings. The summed E-state index contributed by atoms with van der Waals surface area (Å²) in [6.45, 7) is -0.629. The zero-order valence-electron chi connectivity index (χ0n) is 11.5. The molecular weight excluding hydrogens is 290 g/mol. The van der Waals surface area contributed by atoms with Crippen molar-refractivity contribution in [2.24, 2.45) is 5.92 Å². The maximum atomic E-state index is 13.5. The number of benzene rings is 1. The number of halogens is 4. The van der Waals surface area contributed by atoms with Crippen molar-refractivity contribution in [3.05, 3.63) is 35.6 Å². The first kappa shape index (κ1) is 17.6. The van der Waals surface area contributed by atoms with Gasteiger partial charge in [-0.15, -0.1) is 0 Å². The van der Waals surface area contributed by atoms with Crippen LogP contribution in [0, 0.1) is 11.7 Å². The molecule has 0 aromatic heterocycles. The lowest BCUT2D eigenvalue weighted by molar-refractivity contribution is -0.147. The second-order valence-corrected chi connectivity index (χ2v) is 4.82. The summed E-state index contributed by atoms with van der Waals surface area (Å²) < 4.78 is 50.7. The van der Waals surface area contributed by atoms with Gasteiger partial charge >= 0.3 is 6.18 Å². The third-order valence-corrected chi connectivity index (χ3v) is 2.94. The van der Waals surface area contributed by atoms with Crippen molar-refractivity contribution < 1.29 is 27.5 Å². The van der Waals surface area contributed by atoms with Crippen molar-refractivity contribution >= 4 is 5.78 Å². The Bertz CT molecular complexity index is 476. The Balaban J connectivity index is 2.75. The van der Waals surface area contributed by atoms with E-state index in [4.69, 9.17) is 5.11 Å². The summed E-state index contributed by atoms with van der Waals surface area (Å²) in [4.78, 5) is 13.0. The number of carbonyl (C=O) groups excluding carboxylic acids is 1. The molecule has 1 aromatic rings. The molecule has 3 nitrogen and oxygen atoms in total. The zero-order valence-corrected chi connectivity index (χ0v) is 11.5. The van der Waals surface area contributed by atoms with Crippen molar-refractivity contribution in [2.45, 2.75) is 13.1 Å². The summed E-state index contributed by atoms with van der Waals surface area (Å²) in [5, 5.41) is 8.79. The van der Waals surface area contributed by atoms with Crippen molar-refractivity contribution in [3.63, 3.8) is 0 Å². The van der Waals surface area contributed by atoms with Crippen molar-refractivity contribution in [1.29, 1.82) is 0 Å². The molecule has 0 bridgehead atoms. The van der Waals surface area contributed by atoms with Gasteiger partial charge in [0, 0.05) is 19.0 Å².